The van der Waals surface area contributed by atoms with E-state index in [2.05, 4.69) is 10.4 Å². The highest BCUT2D eigenvalue weighted by Gasteiger charge is 2.25. The summed E-state index contributed by atoms with van der Waals surface area (Å²) in [5.74, 6) is -0.425. The summed E-state index contributed by atoms with van der Waals surface area (Å²) < 4.78 is 67.7. The Kier molecular flexibility index (Phi) is 5.01. The minimum absolute atomic E-state index is 0.0304. The van der Waals surface area contributed by atoms with E-state index in [1.165, 1.54) is 35.9 Å². The fourth-order valence-electron chi connectivity index (χ4n) is 3.41. The van der Waals surface area contributed by atoms with Crippen molar-refractivity contribution >= 4 is 53.4 Å². The quantitative estimate of drug-likeness (QED) is 0.180. The first-order valence-corrected chi connectivity index (χ1v) is 11.8. The number of benzene rings is 3. The summed E-state index contributed by atoms with van der Waals surface area (Å²) >= 11 is 0. The highest BCUT2D eigenvalue weighted by Crippen LogP contribution is 2.38. The molecule has 0 radical (unpaired) electrons. The standard InChI is InChI=1S/C18H14N4O9S2/c1-9-19-17-16-10(6-13(8-14(16)23)32(26,27)28)7-15(33(29,30)31)18(17)21(9)20-11-2-4-12(5-3-11)22(24)25/h2-8,20,23H,1H3,(H,26,27,28)(H,29,30,31). The van der Waals surface area contributed by atoms with Gasteiger partial charge in [-0.05, 0) is 36.6 Å². The first kappa shape index (κ1) is 22.4. The molecule has 3 aromatic carbocycles. The molecular weight excluding hydrogens is 480 g/mol. The second-order valence-corrected chi connectivity index (χ2v) is 9.78. The van der Waals surface area contributed by atoms with E-state index in [1.54, 1.807) is 0 Å². The average molecular weight is 494 g/mol. The molecule has 0 fully saturated rings. The van der Waals surface area contributed by atoms with E-state index in [0.29, 0.717) is 5.69 Å². The van der Waals surface area contributed by atoms with Gasteiger partial charge in [-0.15, -0.1) is 0 Å². The third-order valence-corrected chi connectivity index (χ3v) is 6.52. The van der Waals surface area contributed by atoms with Gasteiger partial charge in [0, 0.05) is 18.2 Å². The summed E-state index contributed by atoms with van der Waals surface area (Å²) in [4.78, 5) is 13.2. The molecule has 0 aliphatic heterocycles. The Morgan fingerprint density at radius 3 is 2.21 bits per heavy atom. The first-order chi connectivity index (χ1) is 15.3. The van der Waals surface area contributed by atoms with Crippen molar-refractivity contribution in [2.24, 2.45) is 0 Å². The van der Waals surface area contributed by atoms with Crippen LogP contribution in [-0.2, 0) is 20.2 Å². The number of nitrogens with zero attached hydrogens (tertiary/aromatic N) is 3. The number of nitro groups is 1. The number of aromatic hydroxyl groups is 1. The first-order valence-electron chi connectivity index (χ1n) is 8.92. The van der Waals surface area contributed by atoms with Crippen LogP contribution in [0.3, 0.4) is 0 Å². The molecule has 172 valence electrons. The third kappa shape index (κ3) is 3.93. The molecule has 0 unspecified atom stereocenters. The Labute approximate surface area is 185 Å². The maximum atomic E-state index is 12.2. The van der Waals surface area contributed by atoms with Gasteiger partial charge in [-0.1, -0.05) is 0 Å². The fraction of sp³-hybridized carbons (Fsp3) is 0.0556. The number of imidazole rings is 1. The summed E-state index contributed by atoms with van der Waals surface area (Å²) in [7, 11) is -9.61. The number of nitrogens with one attached hydrogen (secondary N) is 1. The summed E-state index contributed by atoms with van der Waals surface area (Å²) in [6.45, 7) is 1.49. The van der Waals surface area contributed by atoms with E-state index in [0.717, 1.165) is 18.2 Å². The zero-order chi connectivity index (χ0) is 24.3. The molecule has 0 aliphatic rings. The molecular formula is C18H14N4O9S2. The average Bonchev–Trinajstić information content (AvgIpc) is 3.01. The van der Waals surface area contributed by atoms with Crippen LogP contribution < -0.4 is 5.43 Å². The van der Waals surface area contributed by atoms with Gasteiger partial charge in [-0.25, -0.2) is 9.66 Å². The number of fused-ring (bicyclic) bond motifs is 3. The molecule has 4 aromatic rings. The zero-order valence-electron chi connectivity index (χ0n) is 16.5. The molecule has 0 saturated carbocycles. The van der Waals surface area contributed by atoms with Crippen LogP contribution in [0.5, 0.6) is 5.75 Å². The van der Waals surface area contributed by atoms with E-state index in [9.17, 15) is 41.2 Å². The number of non-ortho nitro benzene ring substituents is 1. The van der Waals surface area contributed by atoms with Crippen LogP contribution >= 0.6 is 0 Å². The van der Waals surface area contributed by atoms with E-state index >= 15 is 0 Å². The van der Waals surface area contributed by atoms with Crippen LogP contribution in [0.15, 0.2) is 52.3 Å². The molecule has 0 aliphatic carbocycles. The van der Waals surface area contributed by atoms with Gasteiger partial charge in [0.1, 0.15) is 27.5 Å². The third-order valence-electron chi connectivity index (χ3n) is 4.82. The van der Waals surface area contributed by atoms with E-state index < -0.39 is 40.7 Å². The van der Waals surface area contributed by atoms with Crippen LogP contribution in [0, 0.1) is 17.0 Å². The fourth-order valence-corrected chi connectivity index (χ4v) is 4.65. The van der Waals surface area contributed by atoms with Gasteiger partial charge >= 0.3 is 0 Å². The van der Waals surface area contributed by atoms with Crippen LogP contribution in [0.1, 0.15) is 5.82 Å². The van der Waals surface area contributed by atoms with Gasteiger partial charge in [-0.3, -0.25) is 24.6 Å². The minimum atomic E-state index is -4.89. The summed E-state index contributed by atoms with van der Waals surface area (Å²) in [5, 5.41) is 21.2. The lowest BCUT2D eigenvalue weighted by atomic mass is 10.1. The summed E-state index contributed by atoms with van der Waals surface area (Å²) in [6, 6.07) is 7.81. The number of aryl methyl sites for hydroxylation is 1. The van der Waals surface area contributed by atoms with Crippen molar-refractivity contribution in [3.05, 3.63) is 58.4 Å². The predicted molar refractivity (Wildman–Crippen MR) is 115 cm³/mol. The molecule has 0 spiro atoms. The summed E-state index contributed by atoms with van der Waals surface area (Å²) in [6.07, 6.45) is 0. The van der Waals surface area contributed by atoms with Gasteiger partial charge in [0.15, 0.2) is 0 Å². The number of hydrogen-bond acceptors (Lipinski definition) is 9. The maximum absolute atomic E-state index is 12.2. The monoisotopic (exact) mass is 494 g/mol. The van der Waals surface area contributed by atoms with E-state index in [4.69, 9.17) is 0 Å². The van der Waals surface area contributed by atoms with Crippen molar-refractivity contribution in [1.82, 2.24) is 9.66 Å². The maximum Gasteiger partial charge on any atom is 0.296 e. The van der Waals surface area contributed by atoms with E-state index in [-0.39, 0.29) is 33.3 Å². The number of phenolic OH excluding ortho intramolecular Hbond substituents is 1. The number of aromatic nitrogens is 2. The highest BCUT2D eigenvalue weighted by atomic mass is 32.2. The SMILES string of the molecule is Cc1nc2c3c(O)cc(S(=O)(=O)O)cc3cc(S(=O)(=O)O)c2n1Nc1ccc([N+](=O)[O-])cc1. The second-order valence-electron chi connectivity index (χ2n) is 6.97. The zero-order valence-corrected chi connectivity index (χ0v) is 18.1. The summed E-state index contributed by atoms with van der Waals surface area (Å²) in [5.41, 5.74) is 2.72. The molecule has 1 aromatic heterocycles. The van der Waals surface area contributed by atoms with Gasteiger partial charge in [0.25, 0.3) is 25.9 Å². The van der Waals surface area contributed by atoms with Gasteiger partial charge in [0.05, 0.1) is 20.9 Å². The smallest absolute Gasteiger partial charge is 0.296 e. The van der Waals surface area contributed by atoms with Crippen LogP contribution in [0.4, 0.5) is 11.4 Å². The topological polar surface area (TPSA) is 202 Å². The Morgan fingerprint density at radius 1 is 1.03 bits per heavy atom. The number of rotatable bonds is 5. The molecule has 15 heteroatoms. The Bertz CT molecular complexity index is 1680. The van der Waals surface area contributed by atoms with E-state index in [1.807, 2.05) is 0 Å². The van der Waals surface area contributed by atoms with Gasteiger partial charge in [0.2, 0.25) is 0 Å². The van der Waals surface area contributed by atoms with Crippen molar-refractivity contribution in [1.29, 1.82) is 0 Å². The van der Waals surface area contributed by atoms with Gasteiger partial charge in [-0.2, -0.15) is 16.8 Å². The number of phenols is 1. The second kappa shape index (κ2) is 7.38. The normalized spacial score (nSPS) is 12.3. The van der Waals surface area contributed by atoms with Crippen LogP contribution in [0.25, 0.3) is 21.8 Å². The number of hydrogen-bond donors (Lipinski definition) is 4. The number of anilines is 1. The molecule has 0 amide bonds. The largest absolute Gasteiger partial charge is 0.507 e. The highest BCUT2D eigenvalue weighted by molar-refractivity contribution is 7.86. The number of nitro benzene ring substituents is 1. The minimum Gasteiger partial charge on any atom is -0.507 e. The predicted octanol–water partition coefficient (Wildman–Crippen LogP) is 2.48. The molecule has 4 rings (SSSR count). The molecule has 0 bridgehead atoms. The molecule has 4 N–H and O–H groups in total. The molecule has 33 heavy (non-hydrogen) atoms. The molecule has 1 heterocycles. The van der Waals surface area contributed by atoms with Crippen molar-refractivity contribution in [2.45, 2.75) is 16.7 Å². The Hall–Kier alpha value is -3.79. The van der Waals surface area contributed by atoms with Crippen LogP contribution in [-0.4, -0.2) is 45.6 Å². The van der Waals surface area contributed by atoms with Crippen molar-refractivity contribution in [2.75, 3.05) is 5.43 Å². The Balaban J connectivity index is 2.04. The lowest BCUT2D eigenvalue weighted by molar-refractivity contribution is -0.384. The van der Waals surface area contributed by atoms with Crippen molar-refractivity contribution in [3.63, 3.8) is 0 Å². The lowest BCUT2D eigenvalue weighted by Crippen LogP contribution is -2.13. The lowest BCUT2D eigenvalue weighted by Gasteiger charge is -2.13. The van der Waals surface area contributed by atoms with Gasteiger partial charge < -0.3 is 5.11 Å². The Morgan fingerprint density at radius 2 is 1.67 bits per heavy atom. The van der Waals surface area contributed by atoms with Crippen LogP contribution in [0.2, 0.25) is 0 Å². The molecule has 0 saturated heterocycles. The molecule has 13 nitrogen and oxygen atoms in total. The van der Waals surface area contributed by atoms with Crippen molar-refractivity contribution in [3.8, 4) is 5.75 Å². The van der Waals surface area contributed by atoms with Crippen molar-refractivity contribution < 1.29 is 36.0 Å². The molecule has 0 atom stereocenters.